The van der Waals surface area contributed by atoms with Gasteiger partial charge in [-0.05, 0) is 83.8 Å². The first kappa shape index (κ1) is 30.0. The van der Waals surface area contributed by atoms with E-state index in [2.05, 4.69) is 27.9 Å². The molecule has 0 heterocycles. The largest absolute Gasteiger partial charge is 0.352 e. The number of halogens is 3. The van der Waals surface area contributed by atoms with Crippen LogP contribution in [0.5, 0.6) is 0 Å². The summed E-state index contributed by atoms with van der Waals surface area (Å²) in [6.45, 7) is 1.48. The summed E-state index contributed by atoms with van der Waals surface area (Å²) in [5, 5.41) is 3.84. The standard InChI is InChI=1S/C26H32Cl2IN3O4S/c1-3-24(26(34)30-20-7-5-4-6-8-20)31(16-18-9-14-22(27)23(28)15-18)25(33)17-32(37(2,35)36)21-12-10-19(29)11-13-21/h9-15,20,24H,3-8,16-17H2,1-2H3,(H,30,34)/t24-/m1/s1. The Morgan fingerprint density at radius 3 is 2.27 bits per heavy atom. The predicted molar refractivity (Wildman–Crippen MR) is 157 cm³/mol. The molecule has 1 fully saturated rings. The van der Waals surface area contributed by atoms with Gasteiger partial charge < -0.3 is 10.2 Å². The lowest BCUT2D eigenvalue weighted by atomic mass is 9.95. The van der Waals surface area contributed by atoms with Crippen LogP contribution in [0.15, 0.2) is 42.5 Å². The van der Waals surface area contributed by atoms with Crippen molar-refractivity contribution < 1.29 is 18.0 Å². The molecule has 37 heavy (non-hydrogen) atoms. The van der Waals surface area contributed by atoms with Crippen LogP contribution in [-0.4, -0.2) is 50.0 Å². The molecule has 11 heteroatoms. The van der Waals surface area contributed by atoms with E-state index in [0.29, 0.717) is 27.7 Å². The summed E-state index contributed by atoms with van der Waals surface area (Å²) in [7, 11) is -3.78. The normalized spacial score (nSPS) is 15.2. The van der Waals surface area contributed by atoms with E-state index in [-0.39, 0.29) is 18.5 Å². The molecule has 1 N–H and O–H groups in total. The zero-order valence-corrected chi connectivity index (χ0v) is 25.4. The minimum Gasteiger partial charge on any atom is -0.352 e. The maximum Gasteiger partial charge on any atom is 0.244 e. The summed E-state index contributed by atoms with van der Waals surface area (Å²) < 4.78 is 27.4. The van der Waals surface area contributed by atoms with E-state index in [4.69, 9.17) is 23.2 Å². The average Bonchev–Trinajstić information content (AvgIpc) is 2.85. The molecule has 2 amide bonds. The maximum absolute atomic E-state index is 13.8. The van der Waals surface area contributed by atoms with E-state index in [9.17, 15) is 18.0 Å². The molecule has 0 aromatic heterocycles. The van der Waals surface area contributed by atoms with Crippen LogP contribution in [0, 0.1) is 3.57 Å². The van der Waals surface area contributed by atoms with Gasteiger partial charge in [0, 0.05) is 16.2 Å². The van der Waals surface area contributed by atoms with Gasteiger partial charge in [-0.15, -0.1) is 0 Å². The maximum atomic E-state index is 13.8. The molecule has 0 radical (unpaired) electrons. The Morgan fingerprint density at radius 2 is 1.70 bits per heavy atom. The Labute approximate surface area is 243 Å². The third-order valence-corrected chi connectivity index (χ3v) is 9.07. The number of sulfonamides is 1. The van der Waals surface area contributed by atoms with Gasteiger partial charge in [0.2, 0.25) is 21.8 Å². The van der Waals surface area contributed by atoms with Crippen LogP contribution in [0.25, 0.3) is 0 Å². The first-order valence-electron chi connectivity index (χ1n) is 12.3. The number of benzene rings is 2. The highest BCUT2D eigenvalue weighted by molar-refractivity contribution is 14.1. The third-order valence-electron chi connectivity index (χ3n) is 6.47. The third kappa shape index (κ3) is 8.46. The molecule has 202 valence electrons. The molecule has 0 bridgehead atoms. The Balaban J connectivity index is 1.92. The van der Waals surface area contributed by atoms with Crippen LogP contribution in [0.3, 0.4) is 0 Å². The number of rotatable bonds is 10. The molecule has 2 aromatic rings. The summed E-state index contributed by atoms with van der Waals surface area (Å²) >= 11 is 14.4. The minimum atomic E-state index is -3.78. The van der Waals surface area contributed by atoms with E-state index >= 15 is 0 Å². The van der Waals surface area contributed by atoms with Crippen molar-refractivity contribution in [3.05, 3.63) is 61.6 Å². The molecule has 2 aromatic carbocycles. The van der Waals surface area contributed by atoms with Gasteiger partial charge in [-0.2, -0.15) is 0 Å². The fourth-order valence-electron chi connectivity index (χ4n) is 4.52. The van der Waals surface area contributed by atoms with E-state index in [1.54, 1.807) is 42.5 Å². The van der Waals surface area contributed by atoms with Crippen LogP contribution in [0.1, 0.15) is 51.0 Å². The van der Waals surface area contributed by atoms with Crippen LogP contribution in [0.2, 0.25) is 10.0 Å². The van der Waals surface area contributed by atoms with E-state index in [1.165, 1.54) is 4.90 Å². The van der Waals surface area contributed by atoms with Gasteiger partial charge in [-0.25, -0.2) is 8.42 Å². The molecule has 1 aliphatic rings. The van der Waals surface area contributed by atoms with Crippen molar-refractivity contribution in [1.29, 1.82) is 0 Å². The Bertz CT molecular complexity index is 1200. The fraction of sp³-hybridized carbons (Fsp3) is 0.462. The lowest BCUT2D eigenvalue weighted by molar-refractivity contribution is -0.140. The van der Waals surface area contributed by atoms with Crippen LogP contribution in [0.4, 0.5) is 5.69 Å². The van der Waals surface area contributed by atoms with Crippen molar-refractivity contribution >= 4 is 73.3 Å². The first-order valence-corrected chi connectivity index (χ1v) is 15.9. The average molecular weight is 680 g/mol. The van der Waals surface area contributed by atoms with Crippen LogP contribution >= 0.6 is 45.8 Å². The van der Waals surface area contributed by atoms with Gasteiger partial charge in [0.1, 0.15) is 12.6 Å². The van der Waals surface area contributed by atoms with Crippen molar-refractivity contribution in [3.8, 4) is 0 Å². The Kier molecular flexibility index (Phi) is 10.9. The number of nitrogens with zero attached hydrogens (tertiary/aromatic N) is 2. The highest BCUT2D eigenvalue weighted by Gasteiger charge is 2.33. The molecule has 0 unspecified atom stereocenters. The van der Waals surface area contributed by atoms with E-state index < -0.39 is 28.5 Å². The second-order valence-corrected chi connectivity index (χ2v) is 13.3. The first-order chi connectivity index (χ1) is 17.5. The Hall–Kier alpha value is -1.56. The molecule has 0 saturated heterocycles. The summed E-state index contributed by atoms with van der Waals surface area (Å²) in [6.07, 6.45) is 6.54. The van der Waals surface area contributed by atoms with Gasteiger partial charge in [0.05, 0.1) is 22.0 Å². The molecule has 0 aliphatic heterocycles. The quantitative estimate of drug-likeness (QED) is 0.331. The second-order valence-electron chi connectivity index (χ2n) is 9.28. The topological polar surface area (TPSA) is 86.8 Å². The van der Waals surface area contributed by atoms with Crippen LogP contribution in [-0.2, 0) is 26.2 Å². The van der Waals surface area contributed by atoms with Gasteiger partial charge in [0.15, 0.2) is 0 Å². The lowest BCUT2D eigenvalue weighted by Gasteiger charge is -2.34. The van der Waals surface area contributed by atoms with Gasteiger partial charge in [0.25, 0.3) is 0 Å². The summed E-state index contributed by atoms with van der Waals surface area (Å²) in [5.74, 6) is -0.719. The summed E-state index contributed by atoms with van der Waals surface area (Å²) in [6, 6.07) is 11.2. The number of amides is 2. The van der Waals surface area contributed by atoms with Crippen molar-refractivity contribution in [2.45, 2.75) is 64.1 Å². The Morgan fingerprint density at radius 1 is 1.05 bits per heavy atom. The molecule has 1 aliphatic carbocycles. The zero-order chi connectivity index (χ0) is 27.2. The van der Waals surface area contributed by atoms with Gasteiger partial charge in [-0.3, -0.25) is 13.9 Å². The molecule has 1 saturated carbocycles. The molecule has 3 rings (SSSR count). The van der Waals surface area contributed by atoms with Gasteiger partial charge >= 0.3 is 0 Å². The number of hydrogen-bond donors (Lipinski definition) is 1. The molecular formula is C26H32Cl2IN3O4S. The monoisotopic (exact) mass is 679 g/mol. The summed E-state index contributed by atoms with van der Waals surface area (Å²) in [5.41, 5.74) is 1.07. The van der Waals surface area contributed by atoms with Crippen molar-refractivity contribution in [1.82, 2.24) is 10.2 Å². The highest BCUT2D eigenvalue weighted by Crippen LogP contribution is 2.25. The smallest absolute Gasteiger partial charge is 0.244 e. The minimum absolute atomic E-state index is 0.0800. The number of hydrogen-bond acceptors (Lipinski definition) is 4. The molecule has 7 nitrogen and oxygen atoms in total. The predicted octanol–water partition coefficient (Wildman–Crippen LogP) is 5.62. The van der Waals surface area contributed by atoms with Crippen molar-refractivity contribution in [2.75, 3.05) is 17.1 Å². The SMILES string of the molecule is CC[C@H](C(=O)NC1CCCCC1)N(Cc1ccc(Cl)c(Cl)c1)C(=O)CN(c1ccc(I)cc1)S(C)(=O)=O. The molecule has 0 spiro atoms. The number of nitrogens with one attached hydrogen (secondary N) is 1. The number of anilines is 1. The number of carbonyl (C=O) groups is 2. The lowest BCUT2D eigenvalue weighted by Crippen LogP contribution is -2.53. The zero-order valence-electron chi connectivity index (χ0n) is 20.9. The number of carbonyl (C=O) groups excluding carboxylic acids is 2. The highest BCUT2D eigenvalue weighted by atomic mass is 127. The second kappa shape index (κ2) is 13.5. The van der Waals surface area contributed by atoms with E-state index in [1.807, 2.05) is 6.92 Å². The van der Waals surface area contributed by atoms with Gasteiger partial charge in [-0.1, -0.05) is 55.5 Å². The van der Waals surface area contributed by atoms with E-state index in [0.717, 1.165) is 46.2 Å². The molecular weight excluding hydrogens is 648 g/mol. The van der Waals surface area contributed by atoms with Crippen LogP contribution < -0.4 is 9.62 Å². The van der Waals surface area contributed by atoms with Crippen molar-refractivity contribution in [3.63, 3.8) is 0 Å². The fourth-order valence-corrected chi connectivity index (χ4v) is 6.05. The van der Waals surface area contributed by atoms with Crippen molar-refractivity contribution in [2.24, 2.45) is 0 Å². The summed E-state index contributed by atoms with van der Waals surface area (Å²) in [4.78, 5) is 28.6. The molecule has 1 atom stereocenters.